The molecule has 0 saturated heterocycles. The van der Waals surface area contributed by atoms with Gasteiger partial charge in [0.25, 0.3) is 0 Å². The summed E-state index contributed by atoms with van der Waals surface area (Å²) in [5, 5.41) is 17.9. The lowest BCUT2D eigenvalue weighted by molar-refractivity contribution is -0.345. The van der Waals surface area contributed by atoms with E-state index in [9.17, 15) is 0 Å². The Kier molecular flexibility index (Phi) is 7.49. The first-order valence-electron chi connectivity index (χ1n) is 5.37. The standard InChI is InChI=1S/C8H18N2.C2H2O4/c1-7(10-9)8-5-3-2-4-6-8;3-1(4)2(5)6/h7-8,10H,2-6,9H2,1H3;(H,3,4)(H,5,6)/p-2. The van der Waals surface area contributed by atoms with Gasteiger partial charge in [0, 0.05) is 6.04 Å². The Morgan fingerprint density at radius 2 is 1.62 bits per heavy atom. The van der Waals surface area contributed by atoms with Gasteiger partial charge < -0.3 is 19.8 Å². The fraction of sp³-hybridized carbons (Fsp3) is 0.800. The van der Waals surface area contributed by atoms with Crippen LogP contribution in [0.5, 0.6) is 0 Å². The Labute approximate surface area is 94.8 Å². The predicted molar refractivity (Wildman–Crippen MR) is 53.4 cm³/mol. The number of carbonyl (C=O) groups excluding carboxylic acids is 2. The van der Waals surface area contributed by atoms with Gasteiger partial charge in [-0.15, -0.1) is 0 Å². The van der Waals surface area contributed by atoms with Crippen molar-refractivity contribution >= 4 is 11.9 Å². The first-order chi connectivity index (χ1) is 7.49. The SMILES string of the molecule is CC(NN)C1CCCCC1.O=C([O-])C(=O)[O-]. The quantitative estimate of drug-likeness (QED) is 0.319. The van der Waals surface area contributed by atoms with Crippen molar-refractivity contribution in [3.8, 4) is 0 Å². The number of hydrogen-bond donors (Lipinski definition) is 2. The third kappa shape index (κ3) is 6.36. The molecule has 94 valence electrons. The minimum Gasteiger partial charge on any atom is -0.543 e. The highest BCUT2D eigenvalue weighted by molar-refractivity contribution is 6.25. The normalized spacial score (nSPS) is 18.1. The number of carbonyl (C=O) groups is 2. The molecule has 1 rings (SSSR count). The first kappa shape index (κ1) is 14.9. The topological polar surface area (TPSA) is 118 Å². The maximum Gasteiger partial charge on any atom is 0.0870 e. The average Bonchev–Trinajstić information content (AvgIpc) is 2.30. The second-order valence-electron chi connectivity index (χ2n) is 3.93. The summed E-state index contributed by atoms with van der Waals surface area (Å²) in [5.41, 5.74) is 2.83. The minimum absolute atomic E-state index is 0.514. The molecular weight excluding hydrogens is 212 g/mol. The van der Waals surface area contributed by atoms with Crippen LogP contribution in [-0.2, 0) is 9.59 Å². The summed E-state index contributed by atoms with van der Waals surface area (Å²) in [7, 11) is 0. The van der Waals surface area contributed by atoms with E-state index in [1.54, 1.807) is 0 Å². The largest absolute Gasteiger partial charge is 0.543 e. The number of carboxylic acid groups (broad SMARTS) is 2. The van der Waals surface area contributed by atoms with E-state index in [1.807, 2.05) is 0 Å². The predicted octanol–water partition coefficient (Wildman–Crippen LogP) is -2.10. The van der Waals surface area contributed by atoms with Crippen LogP contribution in [0.3, 0.4) is 0 Å². The molecule has 1 fully saturated rings. The van der Waals surface area contributed by atoms with E-state index in [4.69, 9.17) is 25.6 Å². The van der Waals surface area contributed by atoms with Crippen LogP contribution in [0.4, 0.5) is 0 Å². The van der Waals surface area contributed by atoms with Crippen LogP contribution in [0.15, 0.2) is 0 Å². The Hall–Kier alpha value is -1.14. The lowest BCUT2D eigenvalue weighted by Gasteiger charge is -2.26. The van der Waals surface area contributed by atoms with Crippen LogP contribution >= 0.6 is 0 Å². The van der Waals surface area contributed by atoms with Gasteiger partial charge in [-0.3, -0.25) is 11.3 Å². The van der Waals surface area contributed by atoms with Crippen molar-refractivity contribution in [1.29, 1.82) is 0 Å². The number of nitrogens with two attached hydrogens (primary N) is 1. The molecule has 1 saturated carbocycles. The lowest BCUT2D eigenvalue weighted by Crippen LogP contribution is -2.42. The van der Waals surface area contributed by atoms with Crippen LogP contribution < -0.4 is 21.5 Å². The van der Waals surface area contributed by atoms with Gasteiger partial charge in [0.15, 0.2) is 0 Å². The molecule has 0 amide bonds. The lowest BCUT2D eigenvalue weighted by atomic mass is 9.85. The summed E-state index contributed by atoms with van der Waals surface area (Å²) in [6.07, 6.45) is 6.96. The number of carboxylic acids is 2. The fourth-order valence-electron chi connectivity index (χ4n) is 1.77. The molecule has 0 aromatic rings. The van der Waals surface area contributed by atoms with Crippen molar-refractivity contribution < 1.29 is 19.8 Å². The Morgan fingerprint density at radius 1 is 1.19 bits per heavy atom. The third-order valence-electron chi connectivity index (χ3n) is 2.79. The van der Waals surface area contributed by atoms with Gasteiger partial charge in [-0.2, -0.15) is 0 Å². The molecule has 1 unspecified atom stereocenters. The maximum atomic E-state index is 8.93. The van der Waals surface area contributed by atoms with Crippen LogP contribution in [-0.4, -0.2) is 18.0 Å². The highest BCUT2D eigenvalue weighted by Crippen LogP contribution is 2.25. The molecular formula is C10H18N2O4-2. The molecule has 6 heteroatoms. The average molecular weight is 230 g/mol. The molecule has 0 heterocycles. The zero-order chi connectivity index (χ0) is 12.6. The van der Waals surface area contributed by atoms with Crippen LogP contribution in [0, 0.1) is 5.92 Å². The molecule has 0 bridgehead atoms. The zero-order valence-corrected chi connectivity index (χ0v) is 9.40. The minimum atomic E-state index is -2.19. The summed E-state index contributed by atoms with van der Waals surface area (Å²) in [6.45, 7) is 2.18. The van der Waals surface area contributed by atoms with Gasteiger partial charge in [0.2, 0.25) is 0 Å². The summed E-state index contributed by atoms with van der Waals surface area (Å²) in [4.78, 5) is 17.9. The van der Waals surface area contributed by atoms with E-state index in [2.05, 4.69) is 12.3 Å². The van der Waals surface area contributed by atoms with E-state index in [0.29, 0.717) is 6.04 Å². The first-order valence-corrected chi connectivity index (χ1v) is 5.37. The van der Waals surface area contributed by atoms with Crippen LogP contribution in [0.1, 0.15) is 39.0 Å². The van der Waals surface area contributed by atoms with E-state index in [1.165, 1.54) is 32.1 Å². The molecule has 0 radical (unpaired) electrons. The molecule has 16 heavy (non-hydrogen) atoms. The fourth-order valence-corrected chi connectivity index (χ4v) is 1.77. The molecule has 3 N–H and O–H groups in total. The second-order valence-corrected chi connectivity index (χ2v) is 3.93. The summed E-state index contributed by atoms with van der Waals surface area (Å²) < 4.78 is 0. The molecule has 6 nitrogen and oxygen atoms in total. The molecule has 1 aliphatic rings. The van der Waals surface area contributed by atoms with E-state index >= 15 is 0 Å². The molecule has 1 aliphatic carbocycles. The summed E-state index contributed by atoms with van der Waals surface area (Å²) in [5.74, 6) is 1.81. The number of aliphatic carboxylic acids is 2. The Morgan fingerprint density at radius 3 is 1.94 bits per heavy atom. The van der Waals surface area contributed by atoms with Crippen molar-refractivity contribution in [3.63, 3.8) is 0 Å². The summed E-state index contributed by atoms with van der Waals surface area (Å²) in [6, 6.07) is 0.514. The van der Waals surface area contributed by atoms with Crippen molar-refractivity contribution in [3.05, 3.63) is 0 Å². The maximum absolute atomic E-state index is 8.93. The highest BCUT2D eigenvalue weighted by Gasteiger charge is 2.18. The van der Waals surface area contributed by atoms with Gasteiger partial charge in [-0.25, -0.2) is 0 Å². The van der Waals surface area contributed by atoms with Gasteiger partial charge in [0.05, 0.1) is 11.9 Å². The van der Waals surface area contributed by atoms with Crippen molar-refractivity contribution in [2.45, 2.75) is 45.1 Å². The van der Waals surface area contributed by atoms with Crippen LogP contribution in [0.2, 0.25) is 0 Å². The molecule has 0 aromatic heterocycles. The number of rotatable bonds is 2. The molecule has 0 spiro atoms. The Balaban J connectivity index is 0.000000325. The van der Waals surface area contributed by atoms with Gasteiger partial charge >= 0.3 is 0 Å². The van der Waals surface area contributed by atoms with Gasteiger partial charge in [-0.1, -0.05) is 19.3 Å². The van der Waals surface area contributed by atoms with Crippen LogP contribution in [0.25, 0.3) is 0 Å². The third-order valence-corrected chi connectivity index (χ3v) is 2.79. The zero-order valence-electron chi connectivity index (χ0n) is 9.40. The summed E-state index contributed by atoms with van der Waals surface area (Å²) >= 11 is 0. The van der Waals surface area contributed by atoms with E-state index in [0.717, 1.165) is 5.92 Å². The van der Waals surface area contributed by atoms with Crippen molar-refractivity contribution in [2.75, 3.05) is 0 Å². The van der Waals surface area contributed by atoms with Crippen molar-refractivity contribution in [1.82, 2.24) is 5.43 Å². The van der Waals surface area contributed by atoms with Gasteiger partial charge in [-0.05, 0) is 25.7 Å². The molecule has 0 aliphatic heterocycles. The number of nitrogens with one attached hydrogen (secondary N) is 1. The second kappa shape index (κ2) is 8.06. The monoisotopic (exact) mass is 230 g/mol. The Bertz CT molecular complexity index is 215. The smallest absolute Gasteiger partial charge is 0.0870 e. The van der Waals surface area contributed by atoms with Gasteiger partial charge in [0.1, 0.15) is 0 Å². The molecule has 1 atom stereocenters. The van der Waals surface area contributed by atoms with E-state index < -0.39 is 11.9 Å². The van der Waals surface area contributed by atoms with Crippen molar-refractivity contribution in [2.24, 2.45) is 11.8 Å². The molecule has 0 aromatic carbocycles. The highest BCUT2D eigenvalue weighted by atomic mass is 16.4. The number of hydrazine groups is 1. The number of hydrogen-bond acceptors (Lipinski definition) is 6. The van der Waals surface area contributed by atoms with E-state index in [-0.39, 0.29) is 0 Å².